The number of nitrogen functional groups attached to an aromatic ring is 1. The predicted molar refractivity (Wildman–Crippen MR) is 84.4 cm³/mol. The summed E-state index contributed by atoms with van der Waals surface area (Å²) in [6.07, 6.45) is 1.40. The summed E-state index contributed by atoms with van der Waals surface area (Å²) in [5.41, 5.74) is 7.74. The lowest BCUT2D eigenvalue weighted by Gasteiger charge is -2.13. The molecule has 0 aliphatic carbocycles. The molecule has 6 nitrogen and oxygen atoms in total. The Bertz CT molecular complexity index is 606. The van der Waals surface area contributed by atoms with E-state index in [1.54, 1.807) is 18.4 Å². The third-order valence-corrected chi connectivity index (χ3v) is 4.25. The van der Waals surface area contributed by atoms with Crippen LogP contribution in [0.3, 0.4) is 0 Å². The molecule has 3 N–H and O–H groups in total. The average molecular weight is 307 g/mol. The van der Waals surface area contributed by atoms with E-state index in [-0.39, 0.29) is 5.41 Å². The molecule has 0 atom stereocenters. The van der Waals surface area contributed by atoms with Gasteiger partial charge in [-0.25, -0.2) is 15.0 Å². The van der Waals surface area contributed by atoms with Crippen LogP contribution >= 0.6 is 11.3 Å². The van der Waals surface area contributed by atoms with Gasteiger partial charge in [-0.15, -0.1) is 11.3 Å². The van der Waals surface area contributed by atoms with E-state index in [4.69, 9.17) is 10.5 Å². The lowest BCUT2D eigenvalue weighted by molar-refractivity contribution is 0.389. The number of ether oxygens (including phenoxy) is 1. The molecule has 2 aromatic rings. The van der Waals surface area contributed by atoms with E-state index >= 15 is 0 Å². The summed E-state index contributed by atoms with van der Waals surface area (Å²) in [6.45, 7) is 7.70. The maximum absolute atomic E-state index is 5.85. The molecule has 0 aliphatic heterocycles. The van der Waals surface area contributed by atoms with Gasteiger partial charge in [-0.05, 0) is 0 Å². The molecular weight excluding hydrogens is 286 g/mol. The molecular formula is C14H21N5OS. The van der Waals surface area contributed by atoms with Gasteiger partial charge in [0.15, 0.2) is 0 Å². The van der Waals surface area contributed by atoms with E-state index in [1.807, 2.05) is 0 Å². The second-order valence-corrected chi connectivity index (χ2v) is 6.60. The summed E-state index contributed by atoms with van der Waals surface area (Å²) in [5.74, 6) is 0.937. The summed E-state index contributed by atoms with van der Waals surface area (Å²) >= 11 is 1.69. The van der Waals surface area contributed by atoms with Crippen LogP contribution in [0.4, 0.5) is 5.82 Å². The Kier molecular flexibility index (Phi) is 4.74. The molecule has 0 saturated carbocycles. The maximum atomic E-state index is 5.85. The molecule has 2 heterocycles. The van der Waals surface area contributed by atoms with Crippen molar-refractivity contribution in [3.05, 3.63) is 28.0 Å². The highest BCUT2D eigenvalue weighted by Crippen LogP contribution is 2.25. The van der Waals surface area contributed by atoms with Crippen LogP contribution in [0.15, 0.2) is 11.7 Å². The minimum atomic E-state index is 0.0871. The molecule has 0 aliphatic rings. The van der Waals surface area contributed by atoms with Gasteiger partial charge in [0.25, 0.3) is 0 Å². The molecule has 0 radical (unpaired) electrons. The van der Waals surface area contributed by atoms with Gasteiger partial charge in [0, 0.05) is 23.9 Å². The summed E-state index contributed by atoms with van der Waals surface area (Å²) in [4.78, 5) is 12.7. The molecule has 0 bridgehead atoms. The highest BCUT2D eigenvalue weighted by atomic mass is 32.1. The fourth-order valence-electron chi connectivity index (χ4n) is 1.80. The van der Waals surface area contributed by atoms with Crippen molar-refractivity contribution in [1.82, 2.24) is 20.3 Å². The quantitative estimate of drug-likeness (QED) is 0.880. The average Bonchev–Trinajstić information content (AvgIpc) is 2.89. The largest absolute Gasteiger partial charge is 0.481 e. The Morgan fingerprint density at radius 1 is 1.29 bits per heavy atom. The lowest BCUT2D eigenvalue weighted by Crippen LogP contribution is -2.17. The van der Waals surface area contributed by atoms with E-state index in [2.05, 4.69) is 46.4 Å². The van der Waals surface area contributed by atoms with E-state index < -0.39 is 0 Å². The first kappa shape index (κ1) is 15.7. The topological polar surface area (TPSA) is 86.0 Å². The number of rotatable bonds is 5. The molecule has 7 heteroatoms. The van der Waals surface area contributed by atoms with Crippen molar-refractivity contribution in [3.8, 4) is 5.88 Å². The van der Waals surface area contributed by atoms with Crippen molar-refractivity contribution >= 4 is 17.2 Å². The Morgan fingerprint density at radius 2 is 2.05 bits per heavy atom. The normalized spacial score (nSPS) is 11.6. The Balaban J connectivity index is 1.98. The van der Waals surface area contributed by atoms with E-state index in [1.165, 1.54) is 6.33 Å². The molecule has 21 heavy (non-hydrogen) atoms. The number of nitrogens with one attached hydrogen (secondary N) is 1. The van der Waals surface area contributed by atoms with Crippen LogP contribution in [0.1, 0.15) is 37.0 Å². The van der Waals surface area contributed by atoms with E-state index in [0.29, 0.717) is 24.8 Å². The molecule has 114 valence electrons. The van der Waals surface area contributed by atoms with E-state index in [0.717, 1.165) is 16.3 Å². The molecule has 2 aromatic heterocycles. The highest BCUT2D eigenvalue weighted by Gasteiger charge is 2.18. The molecule has 2 rings (SSSR count). The number of anilines is 1. The number of nitrogens with zero attached hydrogens (tertiary/aromatic N) is 3. The predicted octanol–water partition coefficient (Wildman–Crippen LogP) is 2.11. The molecule has 0 unspecified atom stereocenters. The third-order valence-electron chi connectivity index (χ3n) is 2.93. The SMILES string of the molecule is COc1ncnc(N)c1CNCc1csc(C(C)(C)C)n1. The smallest absolute Gasteiger partial charge is 0.222 e. The zero-order chi connectivity index (χ0) is 15.5. The van der Waals surface area contributed by atoms with Gasteiger partial charge in [-0.2, -0.15) is 0 Å². The fourth-order valence-corrected chi connectivity index (χ4v) is 2.71. The second kappa shape index (κ2) is 6.36. The minimum absolute atomic E-state index is 0.0871. The zero-order valence-corrected chi connectivity index (χ0v) is 13.6. The summed E-state index contributed by atoms with van der Waals surface area (Å²) < 4.78 is 5.19. The summed E-state index contributed by atoms with van der Waals surface area (Å²) in [6, 6.07) is 0. The van der Waals surface area contributed by atoms with Crippen molar-refractivity contribution in [2.24, 2.45) is 0 Å². The van der Waals surface area contributed by atoms with Crippen LogP contribution in [0, 0.1) is 0 Å². The van der Waals surface area contributed by atoms with Crippen LogP contribution in [0.5, 0.6) is 5.88 Å². The first-order valence-corrected chi connectivity index (χ1v) is 7.58. The highest BCUT2D eigenvalue weighted by molar-refractivity contribution is 7.09. The second-order valence-electron chi connectivity index (χ2n) is 5.74. The van der Waals surface area contributed by atoms with Crippen molar-refractivity contribution in [2.75, 3.05) is 12.8 Å². The number of aromatic nitrogens is 3. The fraction of sp³-hybridized carbons (Fsp3) is 0.500. The van der Waals surface area contributed by atoms with Gasteiger partial charge < -0.3 is 15.8 Å². The minimum Gasteiger partial charge on any atom is -0.481 e. The van der Waals surface area contributed by atoms with Gasteiger partial charge in [0.2, 0.25) is 5.88 Å². The van der Waals surface area contributed by atoms with Crippen LogP contribution in [0.25, 0.3) is 0 Å². The van der Waals surface area contributed by atoms with Crippen molar-refractivity contribution in [3.63, 3.8) is 0 Å². The summed E-state index contributed by atoms with van der Waals surface area (Å²) in [7, 11) is 1.57. The van der Waals surface area contributed by atoms with E-state index in [9.17, 15) is 0 Å². The van der Waals surface area contributed by atoms with Crippen LogP contribution in [-0.2, 0) is 18.5 Å². The third kappa shape index (κ3) is 3.89. The lowest BCUT2D eigenvalue weighted by atomic mass is 9.98. The van der Waals surface area contributed by atoms with Crippen LogP contribution in [0.2, 0.25) is 0 Å². The molecule has 0 spiro atoms. The monoisotopic (exact) mass is 307 g/mol. The summed E-state index contributed by atoms with van der Waals surface area (Å²) in [5, 5.41) is 6.52. The van der Waals surface area contributed by atoms with Crippen molar-refractivity contribution in [2.45, 2.75) is 39.3 Å². The molecule has 0 fully saturated rings. The number of nitrogens with two attached hydrogens (primary N) is 1. The molecule has 0 saturated heterocycles. The first-order chi connectivity index (χ1) is 9.91. The van der Waals surface area contributed by atoms with Gasteiger partial charge in [0.05, 0.1) is 23.4 Å². The van der Waals surface area contributed by atoms with Crippen LogP contribution < -0.4 is 15.8 Å². The van der Waals surface area contributed by atoms with Gasteiger partial charge >= 0.3 is 0 Å². The van der Waals surface area contributed by atoms with Gasteiger partial charge in [-0.1, -0.05) is 20.8 Å². The number of hydrogen-bond acceptors (Lipinski definition) is 7. The first-order valence-electron chi connectivity index (χ1n) is 6.70. The number of hydrogen-bond donors (Lipinski definition) is 2. The standard InChI is InChI=1S/C14H21N5OS/c1-14(2,3)13-19-9(7-21-13)5-16-6-10-11(15)17-8-18-12(10)20-4/h7-8,16H,5-6H2,1-4H3,(H2,15,17,18). The molecule has 0 aromatic carbocycles. The number of thiazole rings is 1. The van der Waals surface area contributed by atoms with Crippen LogP contribution in [-0.4, -0.2) is 22.1 Å². The Labute approximate surface area is 128 Å². The van der Waals surface area contributed by atoms with Gasteiger partial charge in [-0.3, -0.25) is 0 Å². The maximum Gasteiger partial charge on any atom is 0.222 e. The van der Waals surface area contributed by atoms with Crippen molar-refractivity contribution < 1.29 is 4.74 Å². The zero-order valence-electron chi connectivity index (χ0n) is 12.8. The van der Waals surface area contributed by atoms with Gasteiger partial charge in [0.1, 0.15) is 12.1 Å². The number of methoxy groups -OCH3 is 1. The molecule has 0 amide bonds. The van der Waals surface area contributed by atoms with Crippen molar-refractivity contribution in [1.29, 1.82) is 0 Å². The Hall–Kier alpha value is -1.73. The Morgan fingerprint density at radius 3 is 2.67 bits per heavy atom.